The molecule has 1 saturated heterocycles. The predicted octanol–water partition coefficient (Wildman–Crippen LogP) is 0.571. The number of aliphatic hydroxyl groups is 1. The smallest absolute Gasteiger partial charge is 0.254 e. The number of anilines is 1. The second-order valence-electron chi connectivity index (χ2n) is 4.51. The van der Waals surface area contributed by atoms with Crippen LogP contribution in [0.4, 0.5) is 5.69 Å². The summed E-state index contributed by atoms with van der Waals surface area (Å²) in [6.07, 6.45) is 0.629. The van der Waals surface area contributed by atoms with E-state index >= 15 is 0 Å². The maximum atomic E-state index is 12.0. The first kappa shape index (κ1) is 11.7. The van der Waals surface area contributed by atoms with E-state index in [1.165, 1.54) is 12.1 Å². The number of hydrogen-bond donors (Lipinski definition) is 3. The van der Waals surface area contributed by atoms with Crippen molar-refractivity contribution >= 4 is 11.6 Å². The molecule has 0 atom stereocenters. The Labute approximate surface area is 99.5 Å². The number of phenols is 1. The number of hydrogen-bond acceptors (Lipinski definition) is 4. The molecule has 5 heteroatoms. The van der Waals surface area contributed by atoms with Crippen molar-refractivity contribution < 1.29 is 15.0 Å². The maximum absolute atomic E-state index is 12.0. The van der Waals surface area contributed by atoms with E-state index in [2.05, 4.69) is 0 Å². The molecule has 1 amide bonds. The van der Waals surface area contributed by atoms with E-state index in [1.54, 1.807) is 11.0 Å². The van der Waals surface area contributed by atoms with Gasteiger partial charge in [-0.2, -0.15) is 0 Å². The maximum Gasteiger partial charge on any atom is 0.254 e. The number of β-amino-alcohol motifs (C(OH)–C–C–N with tert-alkyl or cyclic N) is 1. The van der Waals surface area contributed by atoms with Crippen molar-refractivity contribution in [1.29, 1.82) is 0 Å². The fourth-order valence-electron chi connectivity index (χ4n) is 1.89. The Morgan fingerprint density at radius 1 is 1.53 bits per heavy atom. The van der Waals surface area contributed by atoms with Gasteiger partial charge in [0.05, 0.1) is 24.4 Å². The summed E-state index contributed by atoms with van der Waals surface area (Å²) in [5, 5.41) is 19.2. The molecule has 4 N–H and O–H groups in total. The number of nitrogens with zero attached hydrogens (tertiary/aromatic N) is 1. The Balaban J connectivity index is 2.09. The third-order valence-electron chi connectivity index (χ3n) is 3.19. The van der Waals surface area contributed by atoms with Gasteiger partial charge < -0.3 is 20.8 Å². The lowest BCUT2D eigenvalue weighted by molar-refractivity contribution is -0.0826. The molecular weight excluding hydrogens is 220 g/mol. The highest BCUT2D eigenvalue weighted by atomic mass is 16.3. The van der Waals surface area contributed by atoms with Gasteiger partial charge in [-0.15, -0.1) is 0 Å². The summed E-state index contributed by atoms with van der Waals surface area (Å²) >= 11 is 0. The largest absolute Gasteiger partial charge is 0.506 e. The van der Waals surface area contributed by atoms with Crippen LogP contribution in [0, 0.1) is 0 Å². The summed E-state index contributed by atoms with van der Waals surface area (Å²) in [5.74, 6) is -0.291. The summed E-state index contributed by atoms with van der Waals surface area (Å²) < 4.78 is 0. The Kier molecular flexibility index (Phi) is 2.71. The molecule has 1 aliphatic heterocycles. The second kappa shape index (κ2) is 3.92. The van der Waals surface area contributed by atoms with Gasteiger partial charge in [-0.3, -0.25) is 4.79 Å². The van der Waals surface area contributed by atoms with Crippen molar-refractivity contribution in [3.05, 3.63) is 23.8 Å². The lowest BCUT2D eigenvalue weighted by atomic mass is 9.90. The molecule has 0 spiro atoms. The van der Waals surface area contributed by atoms with Gasteiger partial charge in [0.15, 0.2) is 0 Å². The standard InChI is InChI=1S/C12H16N2O3/c1-2-12(17)6-14(7-12)11(16)8-3-4-9(13)10(15)5-8/h3-5,15,17H,2,6-7,13H2,1H3. The number of benzene rings is 1. The van der Waals surface area contributed by atoms with E-state index in [1.807, 2.05) is 6.92 Å². The number of nitrogen functional groups attached to an aromatic ring is 1. The van der Waals surface area contributed by atoms with Crippen molar-refractivity contribution in [2.24, 2.45) is 0 Å². The van der Waals surface area contributed by atoms with Crippen LogP contribution in [-0.4, -0.2) is 39.7 Å². The molecule has 0 bridgehead atoms. The van der Waals surface area contributed by atoms with Crippen LogP contribution in [-0.2, 0) is 0 Å². The summed E-state index contributed by atoms with van der Waals surface area (Å²) in [7, 11) is 0. The van der Waals surface area contributed by atoms with Crippen LogP contribution >= 0.6 is 0 Å². The fourth-order valence-corrected chi connectivity index (χ4v) is 1.89. The van der Waals surface area contributed by atoms with Crippen LogP contribution < -0.4 is 5.73 Å². The molecule has 0 aromatic heterocycles. The highest BCUT2D eigenvalue weighted by Crippen LogP contribution is 2.27. The highest BCUT2D eigenvalue weighted by Gasteiger charge is 2.42. The molecule has 0 unspecified atom stereocenters. The number of likely N-dealkylation sites (tertiary alicyclic amines) is 1. The lowest BCUT2D eigenvalue weighted by Gasteiger charge is -2.46. The number of carbonyl (C=O) groups excluding carboxylic acids is 1. The van der Waals surface area contributed by atoms with E-state index in [0.29, 0.717) is 25.1 Å². The monoisotopic (exact) mass is 236 g/mol. The Morgan fingerprint density at radius 2 is 2.18 bits per heavy atom. The molecule has 0 aliphatic carbocycles. The van der Waals surface area contributed by atoms with Gasteiger partial charge in [0, 0.05) is 5.56 Å². The average Bonchev–Trinajstić information content (AvgIpc) is 2.27. The second-order valence-corrected chi connectivity index (χ2v) is 4.51. The number of rotatable bonds is 2. The Morgan fingerprint density at radius 3 is 2.71 bits per heavy atom. The number of aromatic hydroxyl groups is 1. The summed E-state index contributed by atoms with van der Waals surface area (Å²) in [6, 6.07) is 4.41. The van der Waals surface area contributed by atoms with Crippen LogP contribution in [0.3, 0.4) is 0 Å². The first-order valence-corrected chi connectivity index (χ1v) is 5.55. The zero-order valence-electron chi connectivity index (χ0n) is 9.68. The third-order valence-corrected chi connectivity index (χ3v) is 3.19. The highest BCUT2D eigenvalue weighted by molar-refractivity contribution is 5.95. The van der Waals surface area contributed by atoms with Crippen LogP contribution in [0.2, 0.25) is 0 Å². The van der Waals surface area contributed by atoms with E-state index in [0.717, 1.165) is 0 Å². The molecule has 0 saturated carbocycles. The molecule has 0 radical (unpaired) electrons. The van der Waals surface area contributed by atoms with Gasteiger partial charge in [0.1, 0.15) is 5.75 Å². The first-order valence-electron chi connectivity index (χ1n) is 5.55. The number of nitrogens with two attached hydrogens (primary N) is 1. The summed E-state index contributed by atoms with van der Waals surface area (Å²) in [5.41, 5.74) is 5.35. The van der Waals surface area contributed by atoms with E-state index in [4.69, 9.17) is 5.73 Å². The van der Waals surface area contributed by atoms with Crippen LogP contribution in [0.15, 0.2) is 18.2 Å². The van der Waals surface area contributed by atoms with Crippen LogP contribution in [0.1, 0.15) is 23.7 Å². The SMILES string of the molecule is CCC1(O)CN(C(=O)c2ccc(N)c(O)c2)C1. The summed E-state index contributed by atoms with van der Waals surface area (Å²) in [4.78, 5) is 13.5. The number of amides is 1. The predicted molar refractivity (Wildman–Crippen MR) is 63.7 cm³/mol. The fraction of sp³-hybridized carbons (Fsp3) is 0.417. The van der Waals surface area contributed by atoms with Gasteiger partial charge in [0.2, 0.25) is 0 Å². The molecule has 5 nitrogen and oxygen atoms in total. The van der Waals surface area contributed by atoms with Crippen LogP contribution in [0.25, 0.3) is 0 Å². The lowest BCUT2D eigenvalue weighted by Crippen LogP contribution is -2.63. The van der Waals surface area contributed by atoms with E-state index in [9.17, 15) is 15.0 Å². The van der Waals surface area contributed by atoms with Gasteiger partial charge in [-0.05, 0) is 24.6 Å². The molecule has 92 valence electrons. The average molecular weight is 236 g/mol. The Hall–Kier alpha value is -1.75. The molecule has 1 aromatic carbocycles. The zero-order valence-corrected chi connectivity index (χ0v) is 9.68. The Bertz CT molecular complexity index is 453. The van der Waals surface area contributed by atoms with Gasteiger partial charge in [-0.25, -0.2) is 0 Å². The molecule has 1 aromatic rings. The minimum Gasteiger partial charge on any atom is -0.506 e. The minimum absolute atomic E-state index is 0.0953. The number of phenolic OH excluding ortho intramolecular Hbond substituents is 1. The van der Waals surface area contributed by atoms with Gasteiger partial charge in [-0.1, -0.05) is 6.92 Å². The molecule has 2 rings (SSSR count). The molecule has 17 heavy (non-hydrogen) atoms. The molecule has 1 aliphatic rings. The van der Waals surface area contributed by atoms with Crippen molar-refractivity contribution in [2.75, 3.05) is 18.8 Å². The molecule has 1 fully saturated rings. The topological polar surface area (TPSA) is 86.8 Å². The van der Waals surface area contributed by atoms with Gasteiger partial charge in [0.25, 0.3) is 5.91 Å². The normalized spacial score (nSPS) is 17.6. The quantitative estimate of drug-likeness (QED) is 0.517. The van der Waals surface area contributed by atoms with Crippen molar-refractivity contribution in [2.45, 2.75) is 18.9 Å². The van der Waals surface area contributed by atoms with Crippen molar-refractivity contribution in [1.82, 2.24) is 4.90 Å². The number of carbonyl (C=O) groups is 1. The summed E-state index contributed by atoms with van der Waals surface area (Å²) in [6.45, 7) is 2.57. The van der Waals surface area contributed by atoms with E-state index < -0.39 is 5.60 Å². The van der Waals surface area contributed by atoms with Crippen molar-refractivity contribution in [3.63, 3.8) is 0 Å². The van der Waals surface area contributed by atoms with E-state index in [-0.39, 0.29) is 17.3 Å². The first-order chi connectivity index (χ1) is 7.95. The van der Waals surface area contributed by atoms with Gasteiger partial charge >= 0.3 is 0 Å². The van der Waals surface area contributed by atoms with Crippen LogP contribution in [0.5, 0.6) is 5.75 Å². The minimum atomic E-state index is -0.745. The molecular formula is C12H16N2O3. The molecule has 1 heterocycles. The zero-order chi connectivity index (χ0) is 12.6. The third kappa shape index (κ3) is 2.06. The van der Waals surface area contributed by atoms with Crippen molar-refractivity contribution in [3.8, 4) is 5.75 Å².